The van der Waals surface area contributed by atoms with E-state index >= 15 is 0 Å². The van der Waals surface area contributed by atoms with E-state index in [0.717, 1.165) is 37.4 Å². The summed E-state index contributed by atoms with van der Waals surface area (Å²) in [6, 6.07) is 0. The fraction of sp³-hybridized carbons (Fsp3) is 0.429. The summed E-state index contributed by atoms with van der Waals surface area (Å²) >= 11 is 0. The number of aromatic nitrogens is 4. The molecule has 0 unspecified atom stereocenters. The lowest BCUT2D eigenvalue weighted by Crippen LogP contribution is -2.37. The summed E-state index contributed by atoms with van der Waals surface area (Å²) in [5.74, 6) is 1.18. The zero-order valence-electron chi connectivity index (χ0n) is 11.4. The first kappa shape index (κ1) is 12.8. The lowest BCUT2D eigenvalue weighted by molar-refractivity contribution is -0.130. The van der Waals surface area contributed by atoms with Gasteiger partial charge in [-0.2, -0.15) is 0 Å². The SMILES string of the molecule is CC(=O)N1CCC[C@H](c2cnc(-n3ccnc3)cn2)C1. The van der Waals surface area contributed by atoms with Crippen molar-refractivity contribution >= 4 is 5.91 Å². The Kier molecular flexibility index (Phi) is 3.45. The molecular formula is C14H17N5O. The van der Waals surface area contributed by atoms with Crippen molar-refractivity contribution < 1.29 is 4.79 Å². The number of imidazole rings is 1. The first-order valence-corrected chi connectivity index (χ1v) is 6.80. The maximum atomic E-state index is 11.5. The van der Waals surface area contributed by atoms with Gasteiger partial charge in [-0.3, -0.25) is 14.3 Å². The minimum Gasteiger partial charge on any atom is -0.342 e. The molecule has 0 N–H and O–H groups in total. The lowest BCUT2D eigenvalue weighted by atomic mass is 9.95. The summed E-state index contributed by atoms with van der Waals surface area (Å²) in [6.07, 6.45) is 10.9. The highest BCUT2D eigenvalue weighted by Gasteiger charge is 2.23. The fourth-order valence-corrected chi connectivity index (χ4v) is 2.57. The minimum atomic E-state index is 0.137. The van der Waals surface area contributed by atoms with Crippen LogP contribution in [0.4, 0.5) is 0 Å². The maximum Gasteiger partial charge on any atom is 0.219 e. The van der Waals surface area contributed by atoms with E-state index in [1.165, 1.54) is 0 Å². The van der Waals surface area contributed by atoms with Crippen molar-refractivity contribution in [3.05, 3.63) is 36.8 Å². The van der Waals surface area contributed by atoms with Crippen molar-refractivity contribution in [1.82, 2.24) is 24.4 Å². The molecule has 0 spiro atoms. The quantitative estimate of drug-likeness (QED) is 0.828. The Labute approximate surface area is 117 Å². The normalized spacial score (nSPS) is 19.1. The molecule has 20 heavy (non-hydrogen) atoms. The third-order valence-electron chi connectivity index (χ3n) is 3.71. The van der Waals surface area contributed by atoms with E-state index in [1.807, 2.05) is 21.9 Å². The maximum absolute atomic E-state index is 11.5. The monoisotopic (exact) mass is 271 g/mol. The van der Waals surface area contributed by atoms with Crippen molar-refractivity contribution in [3.8, 4) is 5.82 Å². The van der Waals surface area contributed by atoms with Crippen molar-refractivity contribution in [3.63, 3.8) is 0 Å². The average molecular weight is 271 g/mol. The van der Waals surface area contributed by atoms with Crippen LogP contribution in [0.5, 0.6) is 0 Å². The number of carbonyl (C=O) groups is 1. The largest absolute Gasteiger partial charge is 0.342 e. The standard InChI is InChI=1S/C14H17N5O/c1-11(20)18-5-2-3-12(9-18)13-7-17-14(8-16-13)19-6-4-15-10-19/h4,6-8,10,12H,2-3,5,9H2,1H3/t12-/m0/s1. The third-order valence-corrected chi connectivity index (χ3v) is 3.71. The van der Waals surface area contributed by atoms with Gasteiger partial charge in [0.15, 0.2) is 5.82 Å². The Morgan fingerprint density at radius 1 is 1.35 bits per heavy atom. The van der Waals surface area contributed by atoms with Crippen LogP contribution in [0.2, 0.25) is 0 Å². The summed E-state index contributed by atoms with van der Waals surface area (Å²) in [6.45, 7) is 3.22. The van der Waals surface area contributed by atoms with Crippen LogP contribution in [-0.4, -0.2) is 43.4 Å². The van der Waals surface area contributed by atoms with E-state index in [-0.39, 0.29) is 11.8 Å². The van der Waals surface area contributed by atoms with Crippen LogP contribution in [0.1, 0.15) is 31.4 Å². The summed E-state index contributed by atoms with van der Waals surface area (Å²) in [5.41, 5.74) is 0.958. The van der Waals surface area contributed by atoms with Gasteiger partial charge in [0.2, 0.25) is 5.91 Å². The molecule has 3 rings (SSSR count). The van der Waals surface area contributed by atoms with Crippen LogP contribution < -0.4 is 0 Å². The van der Waals surface area contributed by atoms with E-state index in [2.05, 4.69) is 15.0 Å². The Hall–Kier alpha value is -2.24. The zero-order chi connectivity index (χ0) is 13.9. The topological polar surface area (TPSA) is 63.9 Å². The number of rotatable bonds is 2. The van der Waals surface area contributed by atoms with Crippen molar-refractivity contribution in [2.75, 3.05) is 13.1 Å². The average Bonchev–Trinajstić information content (AvgIpc) is 3.02. The summed E-state index contributed by atoms with van der Waals surface area (Å²) < 4.78 is 1.82. The third kappa shape index (κ3) is 2.54. The molecule has 1 atom stereocenters. The molecule has 6 nitrogen and oxygen atoms in total. The van der Waals surface area contributed by atoms with Crippen LogP contribution in [0.15, 0.2) is 31.1 Å². The number of amides is 1. The smallest absolute Gasteiger partial charge is 0.219 e. The second-order valence-corrected chi connectivity index (χ2v) is 5.07. The van der Waals surface area contributed by atoms with Crippen molar-refractivity contribution in [2.24, 2.45) is 0 Å². The van der Waals surface area contributed by atoms with E-state index in [1.54, 1.807) is 25.6 Å². The highest BCUT2D eigenvalue weighted by molar-refractivity contribution is 5.73. The first-order chi connectivity index (χ1) is 9.74. The van der Waals surface area contributed by atoms with Crippen molar-refractivity contribution in [1.29, 1.82) is 0 Å². The molecule has 0 saturated carbocycles. The molecule has 1 fully saturated rings. The minimum absolute atomic E-state index is 0.137. The Morgan fingerprint density at radius 2 is 2.25 bits per heavy atom. The second-order valence-electron chi connectivity index (χ2n) is 5.07. The highest BCUT2D eigenvalue weighted by Crippen LogP contribution is 2.25. The van der Waals surface area contributed by atoms with Gasteiger partial charge in [-0.1, -0.05) is 0 Å². The van der Waals surface area contributed by atoms with E-state index < -0.39 is 0 Å². The molecule has 6 heteroatoms. The molecule has 1 saturated heterocycles. The van der Waals surface area contributed by atoms with Gasteiger partial charge in [0.25, 0.3) is 0 Å². The van der Waals surface area contributed by atoms with Gasteiger partial charge in [-0.15, -0.1) is 0 Å². The fourth-order valence-electron chi connectivity index (χ4n) is 2.57. The number of likely N-dealkylation sites (tertiary alicyclic amines) is 1. The van der Waals surface area contributed by atoms with Crippen LogP contribution in [0, 0.1) is 0 Å². The molecule has 1 amide bonds. The Balaban J connectivity index is 1.76. The molecule has 0 bridgehead atoms. The summed E-state index contributed by atoms with van der Waals surface area (Å²) in [5, 5.41) is 0. The predicted molar refractivity (Wildman–Crippen MR) is 73.4 cm³/mol. The summed E-state index contributed by atoms with van der Waals surface area (Å²) in [7, 11) is 0. The van der Waals surface area contributed by atoms with Gasteiger partial charge < -0.3 is 4.90 Å². The highest BCUT2D eigenvalue weighted by atomic mass is 16.2. The lowest BCUT2D eigenvalue weighted by Gasteiger charge is -2.31. The van der Waals surface area contributed by atoms with Gasteiger partial charge in [0.05, 0.1) is 18.1 Å². The number of carbonyl (C=O) groups excluding carboxylic acids is 1. The van der Waals surface area contributed by atoms with Gasteiger partial charge in [0, 0.05) is 38.3 Å². The number of hydrogen-bond acceptors (Lipinski definition) is 4. The van der Waals surface area contributed by atoms with Gasteiger partial charge >= 0.3 is 0 Å². The second kappa shape index (κ2) is 5.40. The van der Waals surface area contributed by atoms with E-state index in [0.29, 0.717) is 0 Å². The molecule has 0 aliphatic carbocycles. The van der Waals surface area contributed by atoms with Crippen LogP contribution in [0.3, 0.4) is 0 Å². The van der Waals surface area contributed by atoms with Gasteiger partial charge in [0.1, 0.15) is 6.33 Å². The number of hydrogen-bond donors (Lipinski definition) is 0. The molecule has 2 aromatic rings. The molecule has 0 radical (unpaired) electrons. The van der Waals surface area contributed by atoms with Crippen LogP contribution in [0.25, 0.3) is 5.82 Å². The number of piperidine rings is 1. The molecule has 0 aromatic carbocycles. The van der Waals surface area contributed by atoms with Gasteiger partial charge in [-0.25, -0.2) is 9.97 Å². The van der Waals surface area contributed by atoms with E-state index in [4.69, 9.17) is 0 Å². The molecule has 1 aliphatic rings. The Morgan fingerprint density at radius 3 is 2.90 bits per heavy atom. The molecule has 1 aliphatic heterocycles. The van der Waals surface area contributed by atoms with Crippen molar-refractivity contribution in [2.45, 2.75) is 25.7 Å². The van der Waals surface area contributed by atoms with E-state index in [9.17, 15) is 4.79 Å². The first-order valence-electron chi connectivity index (χ1n) is 6.80. The molecular weight excluding hydrogens is 254 g/mol. The zero-order valence-corrected chi connectivity index (χ0v) is 11.4. The summed E-state index contributed by atoms with van der Waals surface area (Å²) in [4.78, 5) is 26.3. The molecule has 104 valence electrons. The van der Waals surface area contributed by atoms with Crippen LogP contribution >= 0.6 is 0 Å². The molecule has 2 aromatic heterocycles. The predicted octanol–water partition coefficient (Wildman–Crippen LogP) is 1.39. The van der Waals surface area contributed by atoms with Gasteiger partial charge in [-0.05, 0) is 12.8 Å². The van der Waals surface area contributed by atoms with Crippen LogP contribution in [-0.2, 0) is 4.79 Å². The molecule has 3 heterocycles. The number of nitrogens with zero attached hydrogens (tertiary/aromatic N) is 5. The Bertz CT molecular complexity index is 578.